The van der Waals surface area contributed by atoms with E-state index >= 15 is 0 Å². The van der Waals surface area contributed by atoms with Gasteiger partial charge in [0.2, 0.25) is 11.9 Å². The van der Waals surface area contributed by atoms with Gasteiger partial charge in [-0.1, -0.05) is 33.8 Å². The smallest absolute Gasteiger partial charge is 0.230 e. The van der Waals surface area contributed by atoms with Crippen LogP contribution >= 0.6 is 0 Å². The lowest BCUT2D eigenvalue weighted by Crippen LogP contribution is -2.31. The van der Waals surface area contributed by atoms with Crippen LogP contribution in [-0.4, -0.2) is 20.4 Å². The van der Waals surface area contributed by atoms with Crippen LogP contribution in [0.4, 0.5) is 16.0 Å². The van der Waals surface area contributed by atoms with E-state index in [1.165, 1.54) is 12.1 Å². The molecule has 0 unspecified atom stereocenters. The van der Waals surface area contributed by atoms with Crippen molar-refractivity contribution in [3.63, 3.8) is 0 Å². The summed E-state index contributed by atoms with van der Waals surface area (Å²) in [6, 6.07) is 7.84. The van der Waals surface area contributed by atoms with Crippen LogP contribution in [0.25, 0.3) is 21.7 Å². The Morgan fingerprint density at radius 1 is 1.30 bits per heavy atom. The summed E-state index contributed by atoms with van der Waals surface area (Å²) in [6.07, 6.45) is 1.10. The zero-order valence-electron chi connectivity index (χ0n) is 15.6. The fourth-order valence-electron chi connectivity index (χ4n) is 2.56. The molecule has 0 bridgehead atoms. The number of carbonyl (C=O) groups is 1. The highest BCUT2D eigenvalue weighted by Crippen LogP contribution is 2.30. The van der Waals surface area contributed by atoms with Gasteiger partial charge in [-0.2, -0.15) is 0 Å². The number of carbonyl (C=O) groups excluding carboxylic acids is 1. The molecule has 138 valence electrons. The summed E-state index contributed by atoms with van der Waals surface area (Å²) in [5, 5.41) is 2.86. The van der Waals surface area contributed by atoms with Gasteiger partial charge in [-0.25, -0.2) is 19.2 Å². The number of pyridine rings is 1. The number of nitrogens with zero attached hydrogens (tertiary/aromatic N) is 4. The molecule has 0 aliphatic rings. The quantitative estimate of drug-likeness (QED) is 0.683. The molecule has 7 heteroatoms. The van der Waals surface area contributed by atoms with Crippen molar-refractivity contribution in [2.75, 3.05) is 5.32 Å². The van der Waals surface area contributed by atoms with Gasteiger partial charge in [-0.15, -0.1) is 0 Å². The fourth-order valence-corrected chi connectivity index (χ4v) is 2.56. The molecule has 27 heavy (non-hydrogen) atoms. The zero-order valence-corrected chi connectivity index (χ0v) is 15.6. The molecule has 2 aromatic heterocycles. The van der Waals surface area contributed by atoms with Gasteiger partial charge in [0.1, 0.15) is 11.6 Å². The minimum atomic E-state index is -0.461. The molecule has 0 radical (unpaired) electrons. The number of amides is 1. The van der Waals surface area contributed by atoms with Crippen LogP contribution in [0, 0.1) is 23.7 Å². The zero-order chi connectivity index (χ0) is 19.8. The Bertz CT molecular complexity index is 1040. The minimum absolute atomic E-state index is 0.174. The van der Waals surface area contributed by atoms with Crippen molar-refractivity contribution in [2.45, 2.75) is 27.7 Å². The van der Waals surface area contributed by atoms with Crippen LogP contribution in [0.2, 0.25) is 0 Å². The molecule has 1 N–H and O–H groups in total. The van der Waals surface area contributed by atoms with Gasteiger partial charge < -0.3 is 0 Å². The van der Waals surface area contributed by atoms with E-state index in [-0.39, 0.29) is 23.2 Å². The Morgan fingerprint density at radius 2 is 2.04 bits per heavy atom. The van der Waals surface area contributed by atoms with Crippen molar-refractivity contribution in [2.24, 2.45) is 11.3 Å². The standard InChI is InChI=1S/C20H20FN5O/c1-12(20(2,3)4)18(27)25-19-24-15-8-7-14(22-5)10-16(15)26(19)17-9-6-13(21)11-23-17/h6-12H,1-4H3,(H,24,25,27)/t12-/m1/s1. The number of anilines is 1. The van der Waals surface area contributed by atoms with E-state index in [4.69, 9.17) is 6.57 Å². The van der Waals surface area contributed by atoms with Crippen molar-refractivity contribution < 1.29 is 9.18 Å². The number of hydrogen-bond acceptors (Lipinski definition) is 3. The van der Waals surface area contributed by atoms with Crippen LogP contribution in [0.3, 0.4) is 0 Å². The van der Waals surface area contributed by atoms with E-state index in [2.05, 4.69) is 20.1 Å². The second-order valence-corrected chi connectivity index (χ2v) is 7.47. The monoisotopic (exact) mass is 365 g/mol. The predicted molar refractivity (Wildman–Crippen MR) is 102 cm³/mol. The lowest BCUT2D eigenvalue weighted by molar-refractivity contribution is -0.122. The Morgan fingerprint density at radius 3 is 2.63 bits per heavy atom. The topological polar surface area (TPSA) is 64.2 Å². The molecule has 0 saturated heterocycles. The summed E-state index contributed by atoms with van der Waals surface area (Å²) in [4.78, 5) is 24.7. The highest BCUT2D eigenvalue weighted by molar-refractivity contribution is 5.94. The lowest BCUT2D eigenvalue weighted by atomic mass is 9.81. The average molecular weight is 365 g/mol. The molecule has 0 aliphatic carbocycles. The molecule has 1 atom stereocenters. The predicted octanol–water partition coefficient (Wildman–Crippen LogP) is 4.73. The van der Waals surface area contributed by atoms with E-state index in [0.29, 0.717) is 22.5 Å². The first-order valence-electron chi connectivity index (χ1n) is 8.53. The molecular formula is C20H20FN5O. The highest BCUT2D eigenvalue weighted by atomic mass is 19.1. The number of benzene rings is 1. The molecule has 0 aliphatic heterocycles. The van der Waals surface area contributed by atoms with Crippen molar-refractivity contribution in [3.8, 4) is 5.82 Å². The van der Waals surface area contributed by atoms with Gasteiger partial charge >= 0.3 is 0 Å². The van der Waals surface area contributed by atoms with E-state index in [1.54, 1.807) is 22.8 Å². The van der Waals surface area contributed by atoms with Crippen LogP contribution < -0.4 is 5.32 Å². The summed E-state index contributed by atoms with van der Waals surface area (Å²) in [6.45, 7) is 15.1. The molecule has 2 heterocycles. The molecule has 3 rings (SSSR count). The summed E-state index contributed by atoms with van der Waals surface area (Å²) < 4.78 is 14.9. The van der Waals surface area contributed by atoms with Crippen LogP contribution in [-0.2, 0) is 4.79 Å². The molecule has 1 amide bonds. The van der Waals surface area contributed by atoms with Crippen LogP contribution in [0.15, 0.2) is 36.5 Å². The molecule has 0 saturated carbocycles. The van der Waals surface area contributed by atoms with E-state index < -0.39 is 5.82 Å². The largest absolute Gasteiger partial charge is 0.295 e. The number of nitrogens with one attached hydrogen (secondary N) is 1. The van der Waals surface area contributed by atoms with Gasteiger partial charge in [0.25, 0.3) is 0 Å². The molecule has 1 aromatic carbocycles. The highest BCUT2D eigenvalue weighted by Gasteiger charge is 2.28. The lowest BCUT2D eigenvalue weighted by Gasteiger charge is -2.25. The molecule has 0 spiro atoms. The summed E-state index contributed by atoms with van der Waals surface area (Å²) in [5.74, 6) is -0.207. The van der Waals surface area contributed by atoms with E-state index in [9.17, 15) is 9.18 Å². The van der Waals surface area contributed by atoms with Crippen molar-refractivity contribution in [1.29, 1.82) is 0 Å². The van der Waals surface area contributed by atoms with Crippen molar-refractivity contribution in [3.05, 3.63) is 53.8 Å². The fraction of sp³-hybridized carbons (Fsp3) is 0.300. The summed E-state index contributed by atoms with van der Waals surface area (Å²) >= 11 is 0. The summed E-state index contributed by atoms with van der Waals surface area (Å²) in [7, 11) is 0. The summed E-state index contributed by atoms with van der Waals surface area (Å²) in [5.41, 5.74) is 1.44. The van der Waals surface area contributed by atoms with Crippen molar-refractivity contribution >= 4 is 28.6 Å². The second-order valence-electron chi connectivity index (χ2n) is 7.47. The number of aromatic nitrogens is 3. The van der Waals surface area contributed by atoms with Crippen molar-refractivity contribution in [1.82, 2.24) is 14.5 Å². The number of imidazole rings is 1. The van der Waals surface area contributed by atoms with Crippen LogP contribution in [0.5, 0.6) is 0 Å². The number of rotatable bonds is 3. The average Bonchev–Trinajstić information content (AvgIpc) is 2.97. The molecule has 0 fully saturated rings. The Hall–Kier alpha value is -3.27. The third-order valence-electron chi connectivity index (χ3n) is 4.64. The molecular weight excluding hydrogens is 345 g/mol. The van der Waals surface area contributed by atoms with E-state index in [1.807, 2.05) is 27.7 Å². The Kier molecular flexibility index (Phi) is 4.66. The first kappa shape index (κ1) is 18.5. The molecule has 3 aromatic rings. The maximum Gasteiger partial charge on any atom is 0.230 e. The van der Waals surface area contributed by atoms with Crippen LogP contribution in [0.1, 0.15) is 27.7 Å². The number of halogens is 1. The third kappa shape index (κ3) is 3.65. The van der Waals surface area contributed by atoms with Gasteiger partial charge in [0.05, 0.1) is 23.8 Å². The minimum Gasteiger partial charge on any atom is -0.295 e. The van der Waals surface area contributed by atoms with E-state index in [0.717, 1.165) is 6.20 Å². The SMILES string of the molecule is [C-]#[N+]c1ccc2nc(NC(=O)[C@@H](C)C(C)(C)C)n(-c3ccc(F)cn3)c2c1. The van der Waals surface area contributed by atoms with Gasteiger partial charge in [-0.3, -0.25) is 14.7 Å². The number of fused-ring (bicyclic) bond motifs is 1. The second kappa shape index (κ2) is 6.80. The first-order chi connectivity index (χ1) is 12.7. The Labute approximate surface area is 156 Å². The molecule has 6 nitrogen and oxygen atoms in total. The first-order valence-corrected chi connectivity index (χ1v) is 8.53. The maximum absolute atomic E-state index is 13.3. The van der Waals surface area contributed by atoms with Gasteiger partial charge in [-0.05, 0) is 29.7 Å². The third-order valence-corrected chi connectivity index (χ3v) is 4.64. The Balaban J connectivity index is 2.14. The normalized spacial score (nSPS) is 12.6. The number of hydrogen-bond donors (Lipinski definition) is 1. The van der Waals surface area contributed by atoms with Gasteiger partial charge in [0, 0.05) is 5.92 Å². The van der Waals surface area contributed by atoms with Gasteiger partial charge in [0.15, 0.2) is 5.69 Å². The maximum atomic E-state index is 13.3.